The van der Waals surface area contributed by atoms with Crippen LogP contribution in [0.1, 0.15) is 29.4 Å². The van der Waals surface area contributed by atoms with Crippen LogP contribution in [-0.4, -0.2) is 21.3 Å². The number of nitrogens with zero attached hydrogens (tertiary/aromatic N) is 2. The number of benzene rings is 2. The molecule has 0 saturated carbocycles. The average Bonchev–Trinajstić information content (AvgIpc) is 3.07. The second kappa shape index (κ2) is 8.43. The molecule has 0 aliphatic carbocycles. The highest BCUT2D eigenvalue weighted by molar-refractivity contribution is 5.19. The quantitative estimate of drug-likeness (QED) is 0.670. The van der Waals surface area contributed by atoms with Crippen molar-refractivity contribution in [3.05, 3.63) is 90.0 Å². The fraction of sp³-hybridized carbons (Fsp3) is 0.250. The topological polar surface area (TPSA) is 50.1 Å². The van der Waals surface area contributed by atoms with E-state index in [9.17, 15) is 5.11 Å². The fourth-order valence-electron chi connectivity index (χ4n) is 2.85. The monoisotopic (exact) mass is 321 g/mol. The van der Waals surface area contributed by atoms with E-state index in [4.69, 9.17) is 0 Å². The van der Waals surface area contributed by atoms with Crippen LogP contribution in [0, 0.1) is 0 Å². The molecule has 1 heterocycles. The van der Waals surface area contributed by atoms with Gasteiger partial charge in [0.05, 0.1) is 6.54 Å². The number of aliphatic hydroxyl groups excluding tert-OH is 1. The van der Waals surface area contributed by atoms with Gasteiger partial charge in [0.15, 0.2) is 0 Å². The van der Waals surface area contributed by atoms with Crippen molar-refractivity contribution in [2.24, 2.45) is 0 Å². The molecule has 124 valence electrons. The Bertz CT molecular complexity index is 725. The van der Waals surface area contributed by atoms with E-state index in [1.807, 2.05) is 36.7 Å². The Hall–Kier alpha value is -2.43. The highest BCUT2D eigenvalue weighted by atomic mass is 16.3. The van der Waals surface area contributed by atoms with Crippen molar-refractivity contribution in [3.63, 3.8) is 0 Å². The predicted octanol–water partition coefficient (Wildman–Crippen LogP) is 3.14. The molecule has 2 aromatic carbocycles. The third kappa shape index (κ3) is 4.31. The highest BCUT2D eigenvalue weighted by Gasteiger charge is 2.12. The molecule has 1 unspecified atom stereocenters. The molecule has 0 radical (unpaired) electrons. The van der Waals surface area contributed by atoms with Gasteiger partial charge in [-0.25, -0.2) is 4.98 Å². The summed E-state index contributed by atoms with van der Waals surface area (Å²) in [6.45, 7) is 1.64. The predicted molar refractivity (Wildman–Crippen MR) is 95.5 cm³/mol. The molecule has 3 aromatic rings. The lowest BCUT2D eigenvalue weighted by atomic mass is 10.0. The van der Waals surface area contributed by atoms with Crippen molar-refractivity contribution in [2.75, 3.05) is 6.61 Å². The first kappa shape index (κ1) is 16.4. The second-order valence-corrected chi connectivity index (χ2v) is 5.81. The summed E-state index contributed by atoms with van der Waals surface area (Å²) in [5.41, 5.74) is 2.44. The number of imidazole rings is 1. The largest absolute Gasteiger partial charge is 0.396 e. The standard InChI is InChI=1S/C20H23N3O/c24-14-11-19(18-9-5-2-6-10-18)22-15-20-21-12-13-23(20)16-17-7-3-1-4-8-17/h1-10,12-13,19,22,24H,11,14-16H2. The lowest BCUT2D eigenvalue weighted by Gasteiger charge is -2.18. The minimum atomic E-state index is 0.123. The van der Waals surface area contributed by atoms with Crippen molar-refractivity contribution in [3.8, 4) is 0 Å². The number of aliphatic hydroxyl groups is 1. The van der Waals surface area contributed by atoms with E-state index in [1.54, 1.807) is 0 Å². The Morgan fingerprint density at radius 1 is 1.00 bits per heavy atom. The Kier molecular flexibility index (Phi) is 5.77. The Balaban J connectivity index is 1.66. The molecule has 24 heavy (non-hydrogen) atoms. The summed E-state index contributed by atoms with van der Waals surface area (Å²) in [7, 11) is 0. The van der Waals surface area contributed by atoms with Gasteiger partial charge in [-0.05, 0) is 17.5 Å². The first-order valence-corrected chi connectivity index (χ1v) is 8.30. The molecule has 3 rings (SSSR count). The lowest BCUT2D eigenvalue weighted by Crippen LogP contribution is -2.24. The van der Waals surface area contributed by atoms with Crippen LogP contribution in [0.4, 0.5) is 0 Å². The van der Waals surface area contributed by atoms with Gasteiger partial charge in [-0.15, -0.1) is 0 Å². The molecule has 2 N–H and O–H groups in total. The Morgan fingerprint density at radius 2 is 1.71 bits per heavy atom. The van der Waals surface area contributed by atoms with Gasteiger partial charge in [0, 0.05) is 31.6 Å². The van der Waals surface area contributed by atoms with Crippen LogP contribution in [0.3, 0.4) is 0 Å². The van der Waals surface area contributed by atoms with E-state index >= 15 is 0 Å². The molecule has 4 nitrogen and oxygen atoms in total. The number of rotatable bonds is 8. The zero-order valence-corrected chi connectivity index (χ0v) is 13.7. The van der Waals surface area contributed by atoms with Crippen molar-refractivity contribution in [1.29, 1.82) is 0 Å². The number of hydrogen-bond acceptors (Lipinski definition) is 3. The van der Waals surface area contributed by atoms with Crippen molar-refractivity contribution in [1.82, 2.24) is 14.9 Å². The van der Waals surface area contributed by atoms with Gasteiger partial charge in [0.2, 0.25) is 0 Å². The molecule has 0 amide bonds. The van der Waals surface area contributed by atoms with Crippen LogP contribution in [0.15, 0.2) is 73.1 Å². The summed E-state index contributed by atoms with van der Waals surface area (Å²) in [6.07, 6.45) is 4.53. The summed E-state index contributed by atoms with van der Waals surface area (Å²) in [5.74, 6) is 0.998. The van der Waals surface area contributed by atoms with Crippen LogP contribution >= 0.6 is 0 Å². The SMILES string of the molecule is OCCC(NCc1nccn1Cc1ccccc1)c1ccccc1. The molecular weight excluding hydrogens is 298 g/mol. The third-order valence-corrected chi connectivity index (χ3v) is 4.12. The summed E-state index contributed by atoms with van der Waals surface area (Å²) in [6, 6.07) is 20.7. The molecule has 1 atom stereocenters. The smallest absolute Gasteiger partial charge is 0.122 e. The summed E-state index contributed by atoms with van der Waals surface area (Å²) in [5, 5.41) is 12.9. The van der Waals surface area contributed by atoms with Crippen molar-refractivity contribution in [2.45, 2.75) is 25.6 Å². The molecule has 0 saturated heterocycles. The highest BCUT2D eigenvalue weighted by Crippen LogP contribution is 2.17. The van der Waals surface area contributed by atoms with Crippen molar-refractivity contribution >= 4 is 0 Å². The molecule has 0 aliphatic heterocycles. The van der Waals surface area contributed by atoms with Crippen LogP contribution in [0.5, 0.6) is 0 Å². The Morgan fingerprint density at radius 3 is 2.42 bits per heavy atom. The van der Waals surface area contributed by atoms with Crippen LogP contribution in [-0.2, 0) is 13.1 Å². The van der Waals surface area contributed by atoms with Gasteiger partial charge in [-0.1, -0.05) is 60.7 Å². The van der Waals surface area contributed by atoms with Gasteiger partial charge >= 0.3 is 0 Å². The third-order valence-electron chi connectivity index (χ3n) is 4.12. The van der Waals surface area contributed by atoms with E-state index in [2.05, 4.69) is 51.3 Å². The molecular formula is C20H23N3O. The van der Waals surface area contributed by atoms with E-state index in [1.165, 1.54) is 11.1 Å². The molecule has 1 aromatic heterocycles. The minimum Gasteiger partial charge on any atom is -0.396 e. The molecule has 0 spiro atoms. The van der Waals surface area contributed by atoms with Crippen molar-refractivity contribution < 1.29 is 5.11 Å². The van der Waals surface area contributed by atoms with Gasteiger partial charge in [0.25, 0.3) is 0 Å². The fourth-order valence-corrected chi connectivity index (χ4v) is 2.85. The summed E-state index contributed by atoms with van der Waals surface area (Å²) >= 11 is 0. The maximum Gasteiger partial charge on any atom is 0.122 e. The number of nitrogens with one attached hydrogen (secondary N) is 1. The second-order valence-electron chi connectivity index (χ2n) is 5.81. The molecule has 0 fully saturated rings. The van der Waals surface area contributed by atoms with Crippen LogP contribution < -0.4 is 5.32 Å². The number of hydrogen-bond donors (Lipinski definition) is 2. The van der Waals surface area contributed by atoms with E-state index in [0.717, 1.165) is 12.4 Å². The molecule has 4 heteroatoms. The van der Waals surface area contributed by atoms with Crippen LogP contribution in [0.2, 0.25) is 0 Å². The zero-order chi connectivity index (χ0) is 16.6. The van der Waals surface area contributed by atoms with E-state index < -0.39 is 0 Å². The van der Waals surface area contributed by atoms with Gasteiger partial charge in [-0.3, -0.25) is 0 Å². The van der Waals surface area contributed by atoms with E-state index in [0.29, 0.717) is 13.0 Å². The average molecular weight is 321 g/mol. The lowest BCUT2D eigenvalue weighted by molar-refractivity contribution is 0.264. The van der Waals surface area contributed by atoms with Gasteiger partial charge in [0.1, 0.15) is 5.82 Å². The minimum absolute atomic E-state index is 0.123. The number of aromatic nitrogens is 2. The Labute approximate surface area is 142 Å². The zero-order valence-electron chi connectivity index (χ0n) is 13.7. The summed E-state index contributed by atoms with van der Waals surface area (Å²) < 4.78 is 2.16. The van der Waals surface area contributed by atoms with Gasteiger partial charge in [-0.2, -0.15) is 0 Å². The van der Waals surface area contributed by atoms with Crippen LogP contribution in [0.25, 0.3) is 0 Å². The normalized spacial score (nSPS) is 12.2. The van der Waals surface area contributed by atoms with E-state index in [-0.39, 0.29) is 12.6 Å². The first-order valence-electron chi connectivity index (χ1n) is 8.30. The maximum atomic E-state index is 9.34. The molecule has 0 bridgehead atoms. The maximum absolute atomic E-state index is 9.34. The first-order chi connectivity index (χ1) is 11.9. The molecule has 0 aliphatic rings. The van der Waals surface area contributed by atoms with Gasteiger partial charge < -0.3 is 15.0 Å². The summed E-state index contributed by atoms with van der Waals surface area (Å²) in [4.78, 5) is 4.48.